The van der Waals surface area contributed by atoms with Crippen molar-refractivity contribution >= 4 is 51.7 Å². The topological polar surface area (TPSA) is 142 Å². The molecule has 2 amide bonds. The molecule has 0 saturated heterocycles. The first-order valence-corrected chi connectivity index (χ1v) is 10.8. The van der Waals surface area contributed by atoms with Gasteiger partial charge in [-0.2, -0.15) is 0 Å². The maximum atomic E-state index is 12.5. The number of anilines is 1. The summed E-state index contributed by atoms with van der Waals surface area (Å²) in [7, 11) is 0. The summed E-state index contributed by atoms with van der Waals surface area (Å²) in [5, 5.41) is 11.5. The Balaban J connectivity index is 1.79. The number of ether oxygens (including phenoxy) is 1. The van der Waals surface area contributed by atoms with E-state index < -0.39 is 11.9 Å². The van der Waals surface area contributed by atoms with Gasteiger partial charge in [-0.25, -0.2) is 9.78 Å². The number of aryl methyl sites for hydroxylation is 2. The van der Waals surface area contributed by atoms with Crippen molar-refractivity contribution in [2.75, 3.05) is 17.7 Å². The Labute approximate surface area is 180 Å². The minimum atomic E-state index is -0.675. The van der Waals surface area contributed by atoms with Crippen LogP contribution >= 0.6 is 23.1 Å². The lowest BCUT2D eigenvalue weighted by molar-refractivity contribution is -0.113. The Morgan fingerprint density at radius 2 is 2.00 bits per heavy atom. The Morgan fingerprint density at radius 3 is 2.67 bits per heavy atom. The molecule has 0 spiro atoms. The average Bonchev–Trinajstić information content (AvgIpc) is 3.21. The first-order valence-electron chi connectivity index (χ1n) is 8.95. The van der Waals surface area contributed by atoms with Gasteiger partial charge in [0.15, 0.2) is 5.16 Å². The van der Waals surface area contributed by atoms with Gasteiger partial charge in [0.2, 0.25) is 5.91 Å². The van der Waals surface area contributed by atoms with Crippen LogP contribution in [0.1, 0.15) is 43.9 Å². The number of fused-ring (bicyclic) bond motifs is 1. The SMILES string of the molecule is CCOC(=O)c1c(NC(=O)CSc2nnc3nc(C)cc(C)n23)sc(C(N)=O)c1C. The average molecular weight is 449 g/mol. The number of thiophene rings is 1. The molecule has 0 bridgehead atoms. The molecule has 3 heterocycles. The number of nitrogens with one attached hydrogen (secondary N) is 1. The van der Waals surface area contributed by atoms with Crippen molar-refractivity contribution in [1.29, 1.82) is 0 Å². The molecular formula is C18H20N6O4S2. The van der Waals surface area contributed by atoms with Crippen LogP contribution in [0.3, 0.4) is 0 Å². The standard InChI is InChI=1S/C18H20N6O4S2/c1-5-28-16(27)12-10(4)13(14(19)26)30-15(12)21-11(25)7-29-18-23-22-17-20-8(2)6-9(3)24(17)18/h6H,5,7H2,1-4H3,(H2,19,26)(H,21,25). The second-order valence-corrected chi connectivity index (χ2v) is 8.30. The highest BCUT2D eigenvalue weighted by atomic mass is 32.2. The smallest absolute Gasteiger partial charge is 0.341 e. The van der Waals surface area contributed by atoms with Gasteiger partial charge in [0, 0.05) is 11.4 Å². The highest BCUT2D eigenvalue weighted by molar-refractivity contribution is 7.99. The van der Waals surface area contributed by atoms with Crippen LogP contribution in [0.2, 0.25) is 0 Å². The van der Waals surface area contributed by atoms with E-state index in [1.54, 1.807) is 18.2 Å². The number of nitrogens with two attached hydrogens (primary N) is 1. The fraction of sp³-hybridized carbons (Fsp3) is 0.333. The molecule has 3 aromatic heterocycles. The summed E-state index contributed by atoms with van der Waals surface area (Å²) in [4.78, 5) is 41.0. The van der Waals surface area contributed by atoms with Crippen LogP contribution in [-0.4, -0.2) is 49.7 Å². The first kappa shape index (κ1) is 21.7. The van der Waals surface area contributed by atoms with Crippen LogP contribution in [0, 0.1) is 20.8 Å². The predicted octanol–water partition coefficient (Wildman–Crippen LogP) is 2.12. The molecule has 30 heavy (non-hydrogen) atoms. The van der Waals surface area contributed by atoms with Crippen LogP contribution in [0.5, 0.6) is 0 Å². The molecule has 3 N–H and O–H groups in total. The number of rotatable bonds is 7. The quantitative estimate of drug-likeness (QED) is 0.413. The number of aromatic nitrogens is 4. The molecule has 0 unspecified atom stereocenters. The Morgan fingerprint density at radius 1 is 1.27 bits per heavy atom. The van der Waals surface area contributed by atoms with E-state index in [1.165, 1.54) is 11.8 Å². The lowest BCUT2D eigenvalue weighted by atomic mass is 10.1. The second-order valence-electron chi connectivity index (χ2n) is 6.34. The molecule has 0 radical (unpaired) electrons. The molecular weight excluding hydrogens is 428 g/mol. The van der Waals surface area contributed by atoms with E-state index in [1.807, 2.05) is 19.9 Å². The van der Waals surface area contributed by atoms with Gasteiger partial charge in [-0.1, -0.05) is 11.8 Å². The molecule has 0 fully saturated rings. The largest absolute Gasteiger partial charge is 0.462 e. The van der Waals surface area contributed by atoms with E-state index in [2.05, 4.69) is 20.5 Å². The molecule has 0 aliphatic rings. The van der Waals surface area contributed by atoms with Gasteiger partial charge in [-0.15, -0.1) is 21.5 Å². The predicted molar refractivity (Wildman–Crippen MR) is 113 cm³/mol. The van der Waals surface area contributed by atoms with Crippen molar-refractivity contribution in [3.63, 3.8) is 0 Å². The zero-order valence-electron chi connectivity index (χ0n) is 16.8. The number of amides is 2. The normalized spacial score (nSPS) is 10.9. The minimum absolute atomic E-state index is 0.0131. The van der Waals surface area contributed by atoms with Crippen molar-refractivity contribution in [2.24, 2.45) is 5.73 Å². The lowest BCUT2D eigenvalue weighted by Crippen LogP contribution is -2.16. The maximum Gasteiger partial charge on any atom is 0.341 e. The van der Waals surface area contributed by atoms with Crippen LogP contribution in [0.15, 0.2) is 11.2 Å². The van der Waals surface area contributed by atoms with Gasteiger partial charge in [-0.3, -0.25) is 14.0 Å². The number of hydrogen-bond donors (Lipinski definition) is 2. The summed E-state index contributed by atoms with van der Waals surface area (Å²) < 4.78 is 6.80. The van der Waals surface area contributed by atoms with Gasteiger partial charge in [0.05, 0.1) is 22.8 Å². The Kier molecular flexibility index (Phi) is 6.37. The zero-order chi connectivity index (χ0) is 22.0. The van der Waals surface area contributed by atoms with Crippen molar-refractivity contribution in [2.45, 2.75) is 32.9 Å². The van der Waals surface area contributed by atoms with Gasteiger partial charge in [-0.05, 0) is 39.3 Å². The van der Waals surface area contributed by atoms with Crippen LogP contribution in [0.25, 0.3) is 5.78 Å². The van der Waals surface area contributed by atoms with Crippen molar-refractivity contribution in [1.82, 2.24) is 19.6 Å². The van der Waals surface area contributed by atoms with Crippen molar-refractivity contribution in [3.8, 4) is 0 Å². The van der Waals surface area contributed by atoms with Crippen LogP contribution in [0.4, 0.5) is 5.00 Å². The molecule has 0 saturated carbocycles. The first-order chi connectivity index (χ1) is 14.2. The summed E-state index contributed by atoms with van der Waals surface area (Å²) in [6, 6.07) is 1.89. The van der Waals surface area contributed by atoms with E-state index in [0.29, 0.717) is 16.5 Å². The number of esters is 1. The van der Waals surface area contributed by atoms with E-state index in [4.69, 9.17) is 10.5 Å². The number of primary amides is 1. The molecule has 10 nitrogen and oxygen atoms in total. The fourth-order valence-corrected chi connectivity index (χ4v) is 4.72. The van der Waals surface area contributed by atoms with Crippen molar-refractivity contribution in [3.05, 3.63) is 33.5 Å². The van der Waals surface area contributed by atoms with E-state index in [0.717, 1.165) is 22.7 Å². The zero-order valence-corrected chi connectivity index (χ0v) is 18.4. The minimum Gasteiger partial charge on any atom is -0.462 e. The van der Waals surface area contributed by atoms with Gasteiger partial charge >= 0.3 is 5.97 Å². The van der Waals surface area contributed by atoms with Gasteiger partial charge in [0.25, 0.3) is 11.7 Å². The summed E-state index contributed by atoms with van der Waals surface area (Å²) in [6.07, 6.45) is 0. The molecule has 158 valence electrons. The number of nitrogens with zero attached hydrogens (tertiary/aromatic N) is 4. The van der Waals surface area contributed by atoms with Crippen LogP contribution < -0.4 is 11.1 Å². The Bertz CT molecular complexity index is 1150. The van der Waals surface area contributed by atoms with Gasteiger partial charge in [0.1, 0.15) is 5.00 Å². The third-order valence-corrected chi connectivity index (χ3v) is 6.25. The second kappa shape index (κ2) is 8.79. The molecule has 0 atom stereocenters. The summed E-state index contributed by atoms with van der Waals surface area (Å²) in [6.45, 7) is 7.20. The molecule has 0 aliphatic carbocycles. The monoisotopic (exact) mass is 448 g/mol. The summed E-state index contributed by atoms with van der Waals surface area (Å²) in [5.41, 5.74) is 7.62. The summed E-state index contributed by atoms with van der Waals surface area (Å²) >= 11 is 2.13. The highest BCUT2D eigenvalue weighted by Gasteiger charge is 2.25. The number of hydrogen-bond acceptors (Lipinski definition) is 9. The van der Waals surface area contributed by atoms with E-state index >= 15 is 0 Å². The molecule has 3 rings (SSSR count). The number of carbonyl (C=O) groups excluding carboxylic acids is 3. The molecule has 0 aliphatic heterocycles. The lowest BCUT2D eigenvalue weighted by Gasteiger charge is -2.07. The third-order valence-electron chi connectivity index (χ3n) is 4.10. The number of carbonyl (C=O) groups is 3. The maximum absolute atomic E-state index is 12.5. The Hall–Kier alpha value is -2.99. The van der Waals surface area contributed by atoms with E-state index in [9.17, 15) is 14.4 Å². The molecule has 3 aromatic rings. The summed E-state index contributed by atoms with van der Waals surface area (Å²) in [5.74, 6) is -1.20. The van der Waals surface area contributed by atoms with Gasteiger partial charge < -0.3 is 15.8 Å². The van der Waals surface area contributed by atoms with Crippen molar-refractivity contribution < 1.29 is 19.1 Å². The molecule has 12 heteroatoms. The number of thioether (sulfide) groups is 1. The molecule has 0 aromatic carbocycles. The van der Waals surface area contributed by atoms with E-state index in [-0.39, 0.29) is 33.7 Å². The third kappa shape index (κ3) is 4.28. The van der Waals surface area contributed by atoms with Crippen LogP contribution in [-0.2, 0) is 9.53 Å². The highest BCUT2D eigenvalue weighted by Crippen LogP contribution is 2.33. The fourth-order valence-electron chi connectivity index (χ4n) is 2.87.